The SMILES string of the molecule is Fc1cc(-c2ccccc2-n2c3ccccc3c3ccccc32)c(F)cc1-c1ccccc1-n1c2ccccc2c2ccccc21. The van der Waals surface area contributed by atoms with E-state index in [-0.39, 0.29) is 11.1 Å². The summed E-state index contributed by atoms with van der Waals surface area (Å²) < 4.78 is 37.2. The van der Waals surface area contributed by atoms with Crippen LogP contribution in [0.5, 0.6) is 0 Å². The lowest BCUT2D eigenvalue weighted by Gasteiger charge is -2.17. The zero-order valence-corrected chi connectivity index (χ0v) is 24.7. The van der Waals surface area contributed by atoms with Gasteiger partial charge in [0.05, 0.1) is 33.4 Å². The first kappa shape index (κ1) is 26.4. The molecular formula is C42H26F2N2. The van der Waals surface area contributed by atoms with Crippen molar-refractivity contribution in [1.29, 1.82) is 0 Å². The van der Waals surface area contributed by atoms with Crippen LogP contribution in [0.25, 0.3) is 77.2 Å². The number of rotatable bonds is 4. The number of nitrogens with zero attached hydrogens (tertiary/aromatic N) is 2. The highest BCUT2D eigenvalue weighted by Gasteiger charge is 2.21. The predicted molar refractivity (Wildman–Crippen MR) is 186 cm³/mol. The van der Waals surface area contributed by atoms with Crippen LogP contribution in [-0.4, -0.2) is 9.13 Å². The van der Waals surface area contributed by atoms with E-state index in [1.54, 1.807) is 0 Å². The van der Waals surface area contributed by atoms with Gasteiger partial charge in [-0.1, -0.05) is 109 Å². The average Bonchev–Trinajstić information content (AvgIpc) is 3.62. The summed E-state index contributed by atoms with van der Waals surface area (Å²) in [6.07, 6.45) is 0. The lowest BCUT2D eigenvalue weighted by molar-refractivity contribution is 0.606. The topological polar surface area (TPSA) is 9.86 Å². The summed E-state index contributed by atoms with van der Waals surface area (Å²) in [5.41, 5.74) is 7.28. The number of aromatic nitrogens is 2. The minimum Gasteiger partial charge on any atom is -0.309 e. The van der Waals surface area contributed by atoms with Gasteiger partial charge in [0.25, 0.3) is 0 Å². The summed E-state index contributed by atoms with van der Waals surface area (Å²) in [4.78, 5) is 0. The van der Waals surface area contributed by atoms with E-state index in [1.807, 2.05) is 97.1 Å². The number of halogens is 2. The second kappa shape index (κ2) is 10.3. The number of hydrogen-bond acceptors (Lipinski definition) is 0. The second-order valence-corrected chi connectivity index (χ2v) is 11.6. The Bertz CT molecular complexity index is 2330. The van der Waals surface area contributed by atoms with Crippen LogP contribution in [0.3, 0.4) is 0 Å². The maximum Gasteiger partial charge on any atom is 0.131 e. The molecule has 0 saturated heterocycles. The van der Waals surface area contributed by atoms with Gasteiger partial charge >= 0.3 is 0 Å². The molecule has 0 amide bonds. The Morgan fingerprint density at radius 2 is 0.587 bits per heavy atom. The maximum atomic E-state index is 16.4. The fraction of sp³-hybridized carbons (Fsp3) is 0. The van der Waals surface area contributed by atoms with Crippen LogP contribution in [-0.2, 0) is 0 Å². The van der Waals surface area contributed by atoms with Crippen molar-refractivity contribution < 1.29 is 8.78 Å². The van der Waals surface area contributed by atoms with Gasteiger partial charge in [-0.25, -0.2) is 8.78 Å². The van der Waals surface area contributed by atoms with Crippen molar-refractivity contribution in [2.24, 2.45) is 0 Å². The Morgan fingerprint density at radius 3 is 0.935 bits per heavy atom. The van der Waals surface area contributed by atoms with Gasteiger partial charge in [0, 0.05) is 43.8 Å². The molecule has 46 heavy (non-hydrogen) atoms. The molecule has 2 heterocycles. The first-order valence-electron chi connectivity index (χ1n) is 15.3. The quantitative estimate of drug-likeness (QED) is 0.191. The summed E-state index contributed by atoms with van der Waals surface area (Å²) in [5, 5.41) is 4.43. The molecule has 218 valence electrons. The lowest BCUT2D eigenvalue weighted by atomic mass is 9.96. The average molecular weight is 597 g/mol. The molecule has 0 unspecified atom stereocenters. The summed E-state index contributed by atoms with van der Waals surface area (Å²) in [7, 11) is 0. The van der Waals surface area contributed by atoms with Gasteiger partial charge in [0.1, 0.15) is 11.6 Å². The summed E-state index contributed by atoms with van der Waals surface area (Å²) in [6, 6.07) is 50.7. The molecule has 0 aliphatic rings. The number of para-hydroxylation sites is 6. The molecule has 0 radical (unpaired) electrons. The molecule has 0 bridgehead atoms. The Hall–Kier alpha value is -6.00. The fourth-order valence-electron chi connectivity index (χ4n) is 7.12. The molecule has 7 aromatic carbocycles. The molecule has 0 aliphatic heterocycles. The largest absolute Gasteiger partial charge is 0.309 e. The zero-order valence-electron chi connectivity index (χ0n) is 24.7. The first-order chi connectivity index (χ1) is 22.7. The number of benzene rings is 7. The molecular weight excluding hydrogens is 570 g/mol. The zero-order chi connectivity index (χ0) is 30.8. The number of hydrogen-bond donors (Lipinski definition) is 0. The second-order valence-electron chi connectivity index (χ2n) is 11.6. The molecule has 2 nitrogen and oxygen atoms in total. The van der Waals surface area contributed by atoms with Crippen LogP contribution in [0.2, 0.25) is 0 Å². The molecule has 0 aliphatic carbocycles. The van der Waals surface area contributed by atoms with Crippen LogP contribution in [0, 0.1) is 11.6 Å². The minimum atomic E-state index is -0.485. The van der Waals surface area contributed by atoms with Crippen LogP contribution in [0.15, 0.2) is 158 Å². The van der Waals surface area contributed by atoms with E-state index in [9.17, 15) is 0 Å². The highest BCUT2D eigenvalue weighted by molar-refractivity contribution is 6.10. The fourth-order valence-corrected chi connectivity index (χ4v) is 7.12. The standard InChI is InChI=1S/C42H26F2N2/c43-35-26-34(32-18-6-12-24-42(32)46-39-21-9-3-15-29(39)30-16-4-10-22-40(30)46)36(44)25-33(35)31-17-5-11-23-41(31)45-37-19-7-1-13-27(37)28-14-2-8-20-38(28)45/h1-26H. The van der Waals surface area contributed by atoms with Crippen LogP contribution in [0.1, 0.15) is 0 Å². The van der Waals surface area contributed by atoms with Crippen LogP contribution < -0.4 is 0 Å². The summed E-state index contributed by atoms with van der Waals surface area (Å²) in [6.45, 7) is 0. The smallest absolute Gasteiger partial charge is 0.131 e. The third kappa shape index (κ3) is 3.87. The molecule has 0 spiro atoms. The highest BCUT2D eigenvalue weighted by Crippen LogP contribution is 2.40. The van der Waals surface area contributed by atoms with Crippen molar-refractivity contribution >= 4 is 43.6 Å². The molecule has 0 N–H and O–H groups in total. The van der Waals surface area contributed by atoms with Crippen molar-refractivity contribution in [2.45, 2.75) is 0 Å². The van der Waals surface area contributed by atoms with Crippen molar-refractivity contribution in [3.8, 4) is 33.6 Å². The predicted octanol–water partition coefficient (Wildman–Crippen LogP) is 11.5. The van der Waals surface area contributed by atoms with Crippen molar-refractivity contribution in [1.82, 2.24) is 9.13 Å². The Kier molecular flexibility index (Phi) is 5.90. The molecule has 4 heteroatoms. The monoisotopic (exact) mass is 596 g/mol. The van der Waals surface area contributed by atoms with Gasteiger partial charge in [0.15, 0.2) is 0 Å². The van der Waals surface area contributed by atoms with Crippen LogP contribution in [0.4, 0.5) is 8.78 Å². The third-order valence-electron chi connectivity index (χ3n) is 9.09. The van der Waals surface area contributed by atoms with Crippen molar-refractivity contribution in [2.75, 3.05) is 0 Å². The number of fused-ring (bicyclic) bond motifs is 6. The van der Waals surface area contributed by atoms with Gasteiger partial charge in [-0.05, 0) is 48.5 Å². The van der Waals surface area contributed by atoms with E-state index in [1.165, 1.54) is 12.1 Å². The summed E-state index contributed by atoms with van der Waals surface area (Å²) in [5.74, 6) is -0.969. The Balaban J connectivity index is 1.25. The molecule has 9 rings (SSSR count). The maximum absolute atomic E-state index is 16.4. The third-order valence-corrected chi connectivity index (χ3v) is 9.09. The van der Waals surface area contributed by atoms with E-state index in [0.717, 1.165) is 55.0 Å². The molecule has 0 saturated carbocycles. The summed E-state index contributed by atoms with van der Waals surface area (Å²) >= 11 is 0. The van der Waals surface area contributed by atoms with Crippen molar-refractivity contribution in [3.05, 3.63) is 169 Å². The lowest BCUT2D eigenvalue weighted by Crippen LogP contribution is -2.01. The van der Waals surface area contributed by atoms with Gasteiger partial charge in [-0.15, -0.1) is 0 Å². The minimum absolute atomic E-state index is 0.216. The van der Waals surface area contributed by atoms with E-state index >= 15 is 8.78 Å². The van der Waals surface area contributed by atoms with Gasteiger partial charge in [0.2, 0.25) is 0 Å². The molecule has 2 aromatic heterocycles. The van der Waals surface area contributed by atoms with Crippen LogP contribution >= 0.6 is 0 Å². The highest BCUT2D eigenvalue weighted by atomic mass is 19.1. The van der Waals surface area contributed by atoms with E-state index in [0.29, 0.717) is 11.1 Å². The van der Waals surface area contributed by atoms with E-state index in [4.69, 9.17) is 0 Å². The first-order valence-corrected chi connectivity index (χ1v) is 15.3. The van der Waals surface area contributed by atoms with Gasteiger partial charge in [-0.2, -0.15) is 0 Å². The Morgan fingerprint density at radius 1 is 0.304 bits per heavy atom. The molecule has 0 atom stereocenters. The Labute approximate surface area is 264 Å². The van der Waals surface area contributed by atoms with E-state index in [2.05, 4.69) is 57.7 Å². The molecule has 9 aromatic rings. The van der Waals surface area contributed by atoms with Gasteiger partial charge in [-0.3, -0.25) is 0 Å². The molecule has 0 fully saturated rings. The van der Waals surface area contributed by atoms with Crippen molar-refractivity contribution in [3.63, 3.8) is 0 Å². The van der Waals surface area contributed by atoms with E-state index < -0.39 is 11.6 Å². The normalized spacial score (nSPS) is 11.7. The van der Waals surface area contributed by atoms with Gasteiger partial charge < -0.3 is 9.13 Å².